The molecule has 0 atom stereocenters. The predicted octanol–water partition coefficient (Wildman–Crippen LogP) is 1.84. The van der Waals surface area contributed by atoms with Gasteiger partial charge in [0.1, 0.15) is 5.75 Å². The van der Waals surface area contributed by atoms with Crippen molar-refractivity contribution < 1.29 is 5.11 Å². The lowest BCUT2D eigenvalue weighted by Crippen LogP contribution is -2.02. The number of halogens is 1. The Morgan fingerprint density at radius 1 is 1.23 bits per heavy atom. The molecule has 13 heavy (non-hydrogen) atoms. The van der Waals surface area contributed by atoms with Gasteiger partial charge in [-0.3, -0.25) is 4.79 Å². The number of rotatable bonds is 0. The van der Waals surface area contributed by atoms with Crippen LogP contribution in [-0.4, -0.2) is 10.1 Å². The number of nitrogens with one attached hydrogen (secondary N) is 1. The van der Waals surface area contributed by atoms with Crippen LogP contribution in [0.4, 0.5) is 0 Å². The van der Waals surface area contributed by atoms with Gasteiger partial charge in [0.15, 0.2) is 0 Å². The molecule has 1 aromatic heterocycles. The number of aromatic nitrogens is 1. The second kappa shape index (κ2) is 3.02. The first-order valence-electron chi connectivity index (χ1n) is 3.69. The highest BCUT2D eigenvalue weighted by atomic mass is 127. The lowest BCUT2D eigenvalue weighted by atomic mass is 10.2. The monoisotopic (exact) mass is 287 g/mol. The van der Waals surface area contributed by atoms with Gasteiger partial charge in [-0.15, -0.1) is 0 Å². The van der Waals surface area contributed by atoms with E-state index in [9.17, 15) is 9.90 Å². The number of benzene rings is 1. The van der Waals surface area contributed by atoms with Gasteiger partial charge >= 0.3 is 0 Å². The van der Waals surface area contributed by atoms with Gasteiger partial charge in [-0.1, -0.05) is 0 Å². The molecule has 0 spiro atoms. The van der Waals surface area contributed by atoms with Crippen molar-refractivity contribution in [1.29, 1.82) is 0 Å². The third-order valence-electron chi connectivity index (χ3n) is 1.82. The minimum absolute atomic E-state index is 0.105. The van der Waals surface area contributed by atoms with Crippen molar-refractivity contribution in [3.05, 3.63) is 38.2 Å². The van der Waals surface area contributed by atoms with Crippen LogP contribution in [0.3, 0.4) is 0 Å². The van der Waals surface area contributed by atoms with E-state index >= 15 is 0 Å². The highest BCUT2D eigenvalue weighted by Gasteiger charge is 2.02. The van der Waals surface area contributed by atoms with Gasteiger partial charge < -0.3 is 10.1 Å². The first kappa shape index (κ1) is 8.55. The summed E-state index contributed by atoms with van der Waals surface area (Å²) in [5, 5.41) is 10.3. The van der Waals surface area contributed by atoms with Crippen LogP contribution in [0, 0.1) is 3.57 Å². The molecule has 0 fully saturated rings. The zero-order valence-corrected chi connectivity index (χ0v) is 8.70. The molecule has 0 saturated carbocycles. The van der Waals surface area contributed by atoms with E-state index in [-0.39, 0.29) is 11.3 Å². The lowest BCUT2D eigenvalue weighted by molar-refractivity contribution is 0.480. The van der Waals surface area contributed by atoms with E-state index < -0.39 is 0 Å². The second-order valence-electron chi connectivity index (χ2n) is 2.68. The second-order valence-corrected chi connectivity index (χ2v) is 3.84. The topological polar surface area (TPSA) is 53.1 Å². The number of hydrogen-bond acceptors (Lipinski definition) is 2. The van der Waals surface area contributed by atoms with Crippen LogP contribution in [0.25, 0.3) is 10.9 Å². The molecule has 0 aliphatic carbocycles. The summed E-state index contributed by atoms with van der Waals surface area (Å²) in [4.78, 5) is 13.6. The summed E-state index contributed by atoms with van der Waals surface area (Å²) in [6, 6.07) is 6.52. The van der Waals surface area contributed by atoms with Crippen LogP contribution in [0.2, 0.25) is 0 Å². The Labute approximate surface area is 87.6 Å². The predicted molar refractivity (Wildman–Crippen MR) is 59.0 cm³/mol. The highest BCUT2D eigenvalue weighted by molar-refractivity contribution is 14.1. The lowest BCUT2D eigenvalue weighted by Gasteiger charge is -2.01. The number of aromatic amines is 1. The van der Waals surface area contributed by atoms with Gasteiger partial charge in [-0.25, -0.2) is 0 Å². The fourth-order valence-electron chi connectivity index (χ4n) is 1.20. The SMILES string of the molecule is O=c1ccc2c(I)ccc(O)c2[nH]1. The van der Waals surface area contributed by atoms with Gasteiger partial charge in [-0.05, 0) is 40.8 Å². The Morgan fingerprint density at radius 2 is 2.00 bits per heavy atom. The van der Waals surface area contributed by atoms with Gasteiger partial charge in [0, 0.05) is 15.0 Å². The number of aromatic hydroxyl groups is 1. The van der Waals surface area contributed by atoms with Crippen LogP contribution in [0.15, 0.2) is 29.1 Å². The number of H-pyrrole nitrogens is 1. The van der Waals surface area contributed by atoms with E-state index in [1.54, 1.807) is 18.2 Å². The van der Waals surface area contributed by atoms with Crippen LogP contribution >= 0.6 is 22.6 Å². The summed E-state index contributed by atoms with van der Waals surface area (Å²) < 4.78 is 1.00. The first-order valence-corrected chi connectivity index (χ1v) is 4.77. The Kier molecular flexibility index (Phi) is 1.99. The molecule has 0 saturated heterocycles. The summed E-state index contributed by atoms with van der Waals surface area (Å²) in [6.45, 7) is 0. The summed E-state index contributed by atoms with van der Waals surface area (Å²) in [7, 11) is 0. The average Bonchev–Trinajstić information content (AvgIpc) is 2.12. The Hall–Kier alpha value is -1.04. The summed E-state index contributed by atoms with van der Waals surface area (Å²) in [6.07, 6.45) is 0. The molecule has 2 rings (SSSR count). The normalized spacial score (nSPS) is 10.5. The number of pyridine rings is 1. The molecule has 0 bridgehead atoms. The van der Waals surface area contributed by atoms with E-state index in [4.69, 9.17) is 0 Å². The van der Waals surface area contributed by atoms with Crippen LogP contribution in [0.1, 0.15) is 0 Å². The molecule has 0 radical (unpaired) electrons. The van der Waals surface area contributed by atoms with E-state index in [1.807, 2.05) is 0 Å². The third-order valence-corrected chi connectivity index (χ3v) is 2.76. The quantitative estimate of drug-likeness (QED) is 0.726. The molecule has 0 unspecified atom stereocenters. The van der Waals surface area contributed by atoms with Crippen molar-refractivity contribution >= 4 is 33.5 Å². The number of fused-ring (bicyclic) bond motifs is 1. The molecule has 0 aliphatic rings. The van der Waals surface area contributed by atoms with Crippen molar-refractivity contribution in [2.75, 3.05) is 0 Å². The molecule has 1 heterocycles. The molecule has 0 amide bonds. The number of phenols is 1. The van der Waals surface area contributed by atoms with E-state index in [2.05, 4.69) is 27.6 Å². The smallest absolute Gasteiger partial charge is 0.248 e. The molecule has 0 aliphatic heterocycles. The van der Waals surface area contributed by atoms with Crippen LogP contribution < -0.4 is 5.56 Å². The minimum Gasteiger partial charge on any atom is -0.506 e. The van der Waals surface area contributed by atoms with Gasteiger partial charge in [0.25, 0.3) is 0 Å². The first-order chi connectivity index (χ1) is 6.18. The molecule has 1 aromatic carbocycles. The maximum absolute atomic E-state index is 11.0. The summed E-state index contributed by atoms with van der Waals surface area (Å²) >= 11 is 2.15. The molecule has 2 N–H and O–H groups in total. The van der Waals surface area contributed by atoms with Crippen LogP contribution in [0.5, 0.6) is 5.75 Å². The van der Waals surface area contributed by atoms with Crippen molar-refractivity contribution in [3.63, 3.8) is 0 Å². The van der Waals surface area contributed by atoms with Gasteiger partial charge in [-0.2, -0.15) is 0 Å². The van der Waals surface area contributed by atoms with Gasteiger partial charge in [0.2, 0.25) is 5.56 Å². The molecular formula is C9H6INO2. The maximum Gasteiger partial charge on any atom is 0.248 e. The fraction of sp³-hybridized carbons (Fsp3) is 0. The Bertz CT molecular complexity index is 518. The number of phenolic OH excluding ortho intramolecular Hbond substituents is 1. The molecule has 4 heteroatoms. The average molecular weight is 287 g/mol. The van der Waals surface area contributed by atoms with Crippen molar-refractivity contribution in [2.24, 2.45) is 0 Å². The van der Waals surface area contributed by atoms with E-state index in [0.29, 0.717) is 5.52 Å². The highest BCUT2D eigenvalue weighted by Crippen LogP contribution is 2.25. The zero-order chi connectivity index (χ0) is 9.42. The molecular weight excluding hydrogens is 281 g/mol. The Balaban J connectivity index is 3.00. The fourth-order valence-corrected chi connectivity index (χ4v) is 1.83. The standard InChI is InChI=1S/C9H6INO2/c10-6-2-3-7(12)9-5(6)1-4-8(13)11-9/h1-4,12H,(H,11,13). The number of hydrogen-bond donors (Lipinski definition) is 2. The molecule has 2 aromatic rings. The van der Waals surface area contributed by atoms with Crippen molar-refractivity contribution in [1.82, 2.24) is 4.98 Å². The minimum atomic E-state index is -0.204. The van der Waals surface area contributed by atoms with E-state index in [1.165, 1.54) is 6.07 Å². The molecule has 3 nitrogen and oxygen atoms in total. The summed E-state index contributed by atoms with van der Waals surface area (Å²) in [5.74, 6) is 0.105. The molecule has 66 valence electrons. The van der Waals surface area contributed by atoms with E-state index in [0.717, 1.165) is 8.96 Å². The van der Waals surface area contributed by atoms with Crippen molar-refractivity contribution in [2.45, 2.75) is 0 Å². The van der Waals surface area contributed by atoms with Gasteiger partial charge in [0.05, 0.1) is 5.52 Å². The van der Waals surface area contributed by atoms with Crippen LogP contribution in [-0.2, 0) is 0 Å². The maximum atomic E-state index is 11.0. The largest absolute Gasteiger partial charge is 0.506 e. The Morgan fingerprint density at radius 3 is 2.77 bits per heavy atom. The summed E-state index contributed by atoms with van der Waals surface area (Å²) in [5.41, 5.74) is 0.296. The van der Waals surface area contributed by atoms with Crippen molar-refractivity contribution in [3.8, 4) is 5.75 Å². The third kappa shape index (κ3) is 1.41. The zero-order valence-electron chi connectivity index (χ0n) is 6.54.